The van der Waals surface area contributed by atoms with Crippen LogP contribution in [-0.4, -0.2) is 37.0 Å². The number of nitrogens with zero attached hydrogens (tertiary/aromatic N) is 1. The van der Waals surface area contributed by atoms with Gasteiger partial charge in [-0.3, -0.25) is 4.79 Å². The second-order valence-electron chi connectivity index (χ2n) is 6.49. The van der Waals surface area contributed by atoms with Gasteiger partial charge in [0.15, 0.2) is 0 Å². The number of hydrogen-bond donors (Lipinski definition) is 1. The van der Waals surface area contributed by atoms with E-state index in [2.05, 4.69) is 44.8 Å². The average Bonchev–Trinajstić information content (AvgIpc) is 2.63. The lowest BCUT2D eigenvalue weighted by Gasteiger charge is -2.33. The minimum Gasteiger partial charge on any atom is -0.342 e. The molecule has 1 fully saturated rings. The highest BCUT2D eigenvalue weighted by molar-refractivity contribution is 5.83. The first-order valence-electron chi connectivity index (χ1n) is 6.85. The number of hydrogen-bond acceptors (Lipinski definition) is 2. The Bertz CT molecular complexity index is 245. The van der Waals surface area contributed by atoms with Gasteiger partial charge in [-0.1, -0.05) is 27.7 Å². The Morgan fingerprint density at radius 2 is 1.76 bits per heavy atom. The van der Waals surface area contributed by atoms with Crippen molar-refractivity contribution >= 4 is 5.91 Å². The fourth-order valence-corrected chi connectivity index (χ4v) is 2.50. The molecule has 1 saturated heterocycles. The monoisotopic (exact) mass is 240 g/mol. The second-order valence-corrected chi connectivity index (χ2v) is 6.49. The fraction of sp³-hybridized carbons (Fsp3) is 0.929. The van der Waals surface area contributed by atoms with Gasteiger partial charge in [-0.05, 0) is 31.7 Å². The molecule has 0 bridgehead atoms. The predicted octanol–water partition coefficient (Wildman–Crippen LogP) is 2.13. The van der Waals surface area contributed by atoms with Crippen molar-refractivity contribution in [3.63, 3.8) is 0 Å². The van der Waals surface area contributed by atoms with Gasteiger partial charge < -0.3 is 10.2 Å². The molecule has 1 aliphatic rings. The van der Waals surface area contributed by atoms with Gasteiger partial charge >= 0.3 is 0 Å². The van der Waals surface area contributed by atoms with E-state index in [0.717, 1.165) is 32.6 Å². The normalized spacial score (nSPS) is 24.6. The van der Waals surface area contributed by atoms with Crippen molar-refractivity contribution in [2.75, 3.05) is 26.2 Å². The molecule has 0 radical (unpaired) electrons. The van der Waals surface area contributed by atoms with E-state index in [1.54, 1.807) is 0 Å². The topological polar surface area (TPSA) is 32.3 Å². The molecule has 17 heavy (non-hydrogen) atoms. The second kappa shape index (κ2) is 5.85. The summed E-state index contributed by atoms with van der Waals surface area (Å²) in [6.07, 6.45) is 0.971. The lowest BCUT2D eigenvalue weighted by Crippen LogP contribution is -2.46. The van der Waals surface area contributed by atoms with Crippen molar-refractivity contribution in [3.05, 3.63) is 0 Å². The summed E-state index contributed by atoms with van der Waals surface area (Å²) in [4.78, 5) is 14.7. The molecular weight excluding hydrogens is 212 g/mol. The van der Waals surface area contributed by atoms with Crippen LogP contribution in [0.4, 0.5) is 0 Å². The molecule has 0 aromatic heterocycles. The summed E-state index contributed by atoms with van der Waals surface area (Å²) in [7, 11) is 0. The smallest absolute Gasteiger partial charge is 0.229 e. The molecule has 3 heteroatoms. The molecule has 1 unspecified atom stereocenters. The lowest BCUT2D eigenvalue weighted by atomic mass is 9.87. The quantitative estimate of drug-likeness (QED) is 0.798. The molecule has 100 valence electrons. The zero-order chi connectivity index (χ0) is 13.1. The largest absolute Gasteiger partial charge is 0.342 e. The third-order valence-electron chi connectivity index (χ3n) is 3.34. The van der Waals surface area contributed by atoms with E-state index in [1.165, 1.54) is 0 Å². The molecule has 0 saturated carbocycles. The maximum absolute atomic E-state index is 12.6. The van der Waals surface area contributed by atoms with Crippen LogP contribution in [-0.2, 0) is 4.79 Å². The molecular formula is C14H28N2O. The number of amides is 1. The van der Waals surface area contributed by atoms with Crippen molar-refractivity contribution in [2.45, 2.75) is 41.0 Å². The van der Waals surface area contributed by atoms with Crippen LogP contribution in [0.5, 0.6) is 0 Å². The van der Waals surface area contributed by atoms with Gasteiger partial charge in [0, 0.05) is 19.6 Å². The first-order chi connectivity index (χ1) is 7.85. The van der Waals surface area contributed by atoms with Gasteiger partial charge in [-0.25, -0.2) is 0 Å². The molecule has 1 rings (SSSR count). The molecule has 3 nitrogen and oxygen atoms in total. The summed E-state index contributed by atoms with van der Waals surface area (Å²) in [5.74, 6) is 1.41. The summed E-state index contributed by atoms with van der Waals surface area (Å²) in [6.45, 7) is 14.4. The van der Waals surface area contributed by atoms with Gasteiger partial charge in [-0.15, -0.1) is 0 Å². The number of nitrogens with one attached hydrogen (secondary N) is 1. The van der Waals surface area contributed by atoms with Crippen LogP contribution in [0.25, 0.3) is 0 Å². The van der Waals surface area contributed by atoms with Gasteiger partial charge in [0.1, 0.15) is 0 Å². The molecule has 0 spiro atoms. The molecule has 1 heterocycles. The molecule has 1 N–H and O–H groups in total. The molecule has 0 aromatic rings. The van der Waals surface area contributed by atoms with Crippen LogP contribution >= 0.6 is 0 Å². The summed E-state index contributed by atoms with van der Waals surface area (Å²) in [6, 6.07) is 0. The van der Waals surface area contributed by atoms with Crippen molar-refractivity contribution in [1.29, 1.82) is 0 Å². The standard InChI is InChI=1S/C14H28N2O/c1-11(2)8-16(9-12(3)4)13(17)14(5)6-7-15-10-14/h11-12,15H,6-10H2,1-5H3. The van der Waals surface area contributed by atoms with E-state index in [-0.39, 0.29) is 5.41 Å². The van der Waals surface area contributed by atoms with E-state index in [0.29, 0.717) is 17.7 Å². The van der Waals surface area contributed by atoms with E-state index < -0.39 is 0 Å². The van der Waals surface area contributed by atoms with E-state index in [1.807, 2.05) is 0 Å². The van der Waals surface area contributed by atoms with Crippen LogP contribution in [0.1, 0.15) is 41.0 Å². The zero-order valence-electron chi connectivity index (χ0n) is 12.0. The minimum absolute atomic E-state index is 0.177. The Morgan fingerprint density at radius 1 is 1.24 bits per heavy atom. The van der Waals surface area contributed by atoms with Crippen LogP contribution in [0.2, 0.25) is 0 Å². The van der Waals surface area contributed by atoms with E-state index >= 15 is 0 Å². The molecule has 0 aromatic carbocycles. The van der Waals surface area contributed by atoms with Crippen LogP contribution in [0, 0.1) is 17.3 Å². The number of carbonyl (C=O) groups excluding carboxylic acids is 1. The Balaban J connectivity index is 2.70. The zero-order valence-corrected chi connectivity index (χ0v) is 12.0. The van der Waals surface area contributed by atoms with E-state index in [4.69, 9.17) is 0 Å². The summed E-state index contributed by atoms with van der Waals surface area (Å²) < 4.78 is 0. The predicted molar refractivity (Wildman–Crippen MR) is 71.8 cm³/mol. The molecule has 1 atom stereocenters. The third-order valence-corrected chi connectivity index (χ3v) is 3.34. The molecule has 1 aliphatic heterocycles. The van der Waals surface area contributed by atoms with Gasteiger partial charge in [-0.2, -0.15) is 0 Å². The van der Waals surface area contributed by atoms with Gasteiger partial charge in [0.2, 0.25) is 5.91 Å². The Morgan fingerprint density at radius 3 is 2.12 bits per heavy atom. The summed E-state index contributed by atoms with van der Waals surface area (Å²) in [5.41, 5.74) is -0.177. The number of carbonyl (C=O) groups is 1. The maximum Gasteiger partial charge on any atom is 0.229 e. The first-order valence-corrected chi connectivity index (χ1v) is 6.85. The number of rotatable bonds is 5. The highest BCUT2D eigenvalue weighted by Crippen LogP contribution is 2.28. The molecule has 0 aliphatic carbocycles. The van der Waals surface area contributed by atoms with Crippen LogP contribution in [0.3, 0.4) is 0 Å². The highest BCUT2D eigenvalue weighted by atomic mass is 16.2. The maximum atomic E-state index is 12.6. The van der Waals surface area contributed by atoms with Crippen LogP contribution < -0.4 is 5.32 Å². The van der Waals surface area contributed by atoms with Crippen molar-refractivity contribution in [3.8, 4) is 0 Å². The third kappa shape index (κ3) is 3.98. The SMILES string of the molecule is CC(C)CN(CC(C)C)C(=O)C1(C)CCNC1. The summed E-state index contributed by atoms with van der Waals surface area (Å²) in [5, 5.41) is 3.31. The van der Waals surface area contributed by atoms with Crippen molar-refractivity contribution in [1.82, 2.24) is 10.2 Å². The first kappa shape index (κ1) is 14.5. The minimum atomic E-state index is -0.177. The fourth-order valence-electron chi connectivity index (χ4n) is 2.50. The van der Waals surface area contributed by atoms with Crippen molar-refractivity contribution in [2.24, 2.45) is 17.3 Å². The summed E-state index contributed by atoms with van der Waals surface area (Å²) >= 11 is 0. The lowest BCUT2D eigenvalue weighted by molar-refractivity contribution is -0.141. The van der Waals surface area contributed by atoms with Crippen molar-refractivity contribution < 1.29 is 4.79 Å². The Labute approximate surface area is 106 Å². The highest BCUT2D eigenvalue weighted by Gasteiger charge is 2.39. The molecule has 1 amide bonds. The van der Waals surface area contributed by atoms with Crippen LogP contribution in [0.15, 0.2) is 0 Å². The Hall–Kier alpha value is -0.570. The average molecular weight is 240 g/mol. The van der Waals surface area contributed by atoms with Gasteiger partial charge in [0.25, 0.3) is 0 Å². The van der Waals surface area contributed by atoms with Gasteiger partial charge in [0.05, 0.1) is 5.41 Å². The Kier molecular flexibility index (Phi) is 4.99. The van der Waals surface area contributed by atoms with E-state index in [9.17, 15) is 4.79 Å².